The molecule has 2 fully saturated rings. The maximum Gasteiger partial charge on any atom is 0.123 e. The van der Waals surface area contributed by atoms with Gasteiger partial charge in [0.1, 0.15) is 5.82 Å². The van der Waals surface area contributed by atoms with Gasteiger partial charge in [0.15, 0.2) is 0 Å². The minimum Gasteiger partial charge on any atom is -0.370 e. The summed E-state index contributed by atoms with van der Waals surface area (Å²) in [6.45, 7) is 3.01. The van der Waals surface area contributed by atoms with Crippen LogP contribution in [0.1, 0.15) is 63.5 Å². The largest absolute Gasteiger partial charge is 0.370 e. The van der Waals surface area contributed by atoms with Crippen molar-refractivity contribution < 1.29 is 9.13 Å². The molecule has 2 atom stereocenters. The average Bonchev–Trinajstić information content (AvgIpc) is 2.89. The van der Waals surface area contributed by atoms with Crippen LogP contribution in [0.2, 0.25) is 0 Å². The summed E-state index contributed by atoms with van der Waals surface area (Å²) in [5, 5.41) is 3.53. The first-order valence-electron chi connectivity index (χ1n) is 8.34. The SMILES string of the molecule is C[C@H](NCC1CCC2(CCCCC2)O1)c1ccc(F)cc1. The van der Waals surface area contributed by atoms with Gasteiger partial charge >= 0.3 is 0 Å². The normalized spacial score (nSPS) is 26.1. The predicted octanol–water partition coefficient (Wildman–Crippen LogP) is 4.36. The van der Waals surface area contributed by atoms with Gasteiger partial charge in [-0.1, -0.05) is 31.4 Å². The van der Waals surface area contributed by atoms with Crippen molar-refractivity contribution in [1.29, 1.82) is 0 Å². The lowest BCUT2D eigenvalue weighted by atomic mass is 9.83. The van der Waals surface area contributed by atoms with E-state index in [2.05, 4.69) is 12.2 Å². The first kappa shape index (κ1) is 15.0. The van der Waals surface area contributed by atoms with Crippen molar-refractivity contribution >= 4 is 0 Å². The lowest BCUT2D eigenvalue weighted by Gasteiger charge is -2.33. The molecule has 1 aromatic carbocycles. The molecule has 0 radical (unpaired) electrons. The molecule has 1 saturated carbocycles. The Bertz CT molecular complexity index is 453. The Morgan fingerprint density at radius 3 is 2.62 bits per heavy atom. The molecule has 2 nitrogen and oxygen atoms in total. The highest BCUT2D eigenvalue weighted by molar-refractivity contribution is 5.19. The summed E-state index contributed by atoms with van der Waals surface area (Å²) >= 11 is 0. The first-order valence-corrected chi connectivity index (χ1v) is 8.34. The summed E-state index contributed by atoms with van der Waals surface area (Å²) in [5.41, 5.74) is 1.32. The van der Waals surface area contributed by atoms with E-state index in [0.717, 1.165) is 12.1 Å². The summed E-state index contributed by atoms with van der Waals surface area (Å²) in [6, 6.07) is 6.99. The standard InChI is InChI=1S/C18H26FNO/c1-14(15-5-7-16(19)8-6-15)20-13-17-9-12-18(21-17)10-3-2-4-11-18/h5-8,14,17,20H,2-4,9-13H2,1H3/t14-,17?/m0/s1. The third-order valence-electron chi connectivity index (χ3n) is 5.13. The monoisotopic (exact) mass is 291 g/mol. The molecule has 1 heterocycles. The minimum atomic E-state index is -0.177. The van der Waals surface area contributed by atoms with Crippen molar-refractivity contribution in [3.05, 3.63) is 35.6 Å². The molecule has 0 amide bonds. The molecule has 0 bridgehead atoms. The topological polar surface area (TPSA) is 21.3 Å². The molecule has 1 aromatic rings. The lowest BCUT2D eigenvalue weighted by molar-refractivity contribution is -0.0628. The number of nitrogens with one attached hydrogen (secondary N) is 1. The third kappa shape index (κ3) is 3.64. The van der Waals surface area contributed by atoms with Crippen molar-refractivity contribution in [2.75, 3.05) is 6.54 Å². The van der Waals surface area contributed by atoms with Crippen LogP contribution in [-0.2, 0) is 4.74 Å². The van der Waals surface area contributed by atoms with Crippen LogP contribution in [0, 0.1) is 5.82 Å². The Morgan fingerprint density at radius 1 is 1.19 bits per heavy atom. The Labute approximate surface area is 127 Å². The summed E-state index contributed by atoms with van der Waals surface area (Å²) in [4.78, 5) is 0. The highest BCUT2D eigenvalue weighted by Gasteiger charge is 2.40. The molecule has 1 aliphatic heterocycles. The molecule has 1 saturated heterocycles. The predicted molar refractivity (Wildman–Crippen MR) is 82.7 cm³/mol. The molecule has 3 heteroatoms. The average molecular weight is 291 g/mol. The van der Waals surface area contributed by atoms with Crippen molar-refractivity contribution in [3.63, 3.8) is 0 Å². The van der Waals surface area contributed by atoms with Crippen LogP contribution < -0.4 is 5.32 Å². The molecule has 2 aliphatic rings. The number of benzene rings is 1. The molecule has 1 N–H and O–H groups in total. The van der Waals surface area contributed by atoms with Crippen molar-refractivity contribution in [3.8, 4) is 0 Å². The van der Waals surface area contributed by atoms with Gasteiger partial charge in [-0.2, -0.15) is 0 Å². The number of ether oxygens (including phenoxy) is 1. The fourth-order valence-corrected chi connectivity index (χ4v) is 3.78. The van der Waals surface area contributed by atoms with Crippen molar-refractivity contribution in [1.82, 2.24) is 5.32 Å². The fraction of sp³-hybridized carbons (Fsp3) is 0.667. The van der Waals surface area contributed by atoms with Crippen LogP contribution in [0.3, 0.4) is 0 Å². The molecule has 1 spiro atoms. The fourth-order valence-electron chi connectivity index (χ4n) is 3.78. The molecule has 116 valence electrons. The summed E-state index contributed by atoms with van der Waals surface area (Å²) in [7, 11) is 0. The second kappa shape index (κ2) is 6.45. The Kier molecular flexibility index (Phi) is 4.60. The smallest absolute Gasteiger partial charge is 0.123 e. The maximum absolute atomic E-state index is 12.9. The van der Waals surface area contributed by atoms with Gasteiger partial charge in [-0.05, 0) is 50.3 Å². The van der Waals surface area contributed by atoms with Gasteiger partial charge in [0.25, 0.3) is 0 Å². The number of hydrogen-bond acceptors (Lipinski definition) is 2. The van der Waals surface area contributed by atoms with Crippen LogP contribution in [0.5, 0.6) is 0 Å². The second-order valence-electron chi connectivity index (χ2n) is 6.70. The van der Waals surface area contributed by atoms with Gasteiger partial charge in [-0.3, -0.25) is 0 Å². The van der Waals surface area contributed by atoms with E-state index in [9.17, 15) is 4.39 Å². The highest BCUT2D eigenvalue weighted by atomic mass is 19.1. The molecule has 1 aliphatic carbocycles. The first-order chi connectivity index (χ1) is 10.2. The Hall–Kier alpha value is -0.930. The van der Waals surface area contributed by atoms with Crippen molar-refractivity contribution in [2.24, 2.45) is 0 Å². The Balaban J connectivity index is 1.48. The van der Waals surface area contributed by atoms with E-state index in [0.29, 0.717) is 6.10 Å². The van der Waals surface area contributed by atoms with Crippen LogP contribution in [0.25, 0.3) is 0 Å². The van der Waals surface area contributed by atoms with E-state index in [1.54, 1.807) is 0 Å². The highest BCUT2D eigenvalue weighted by Crippen LogP contribution is 2.41. The molecule has 21 heavy (non-hydrogen) atoms. The molecular weight excluding hydrogens is 265 g/mol. The van der Waals surface area contributed by atoms with Gasteiger partial charge in [-0.15, -0.1) is 0 Å². The number of rotatable bonds is 4. The minimum absolute atomic E-state index is 0.177. The molecular formula is C18H26FNO. The van der Waals surface area contributed by atoms with Crippen LogP contribution in [0.4, 0.5) is 4.39 Å². The Morgan fingerprint density at radius 2 is 1.90 bits per heavy atom. The van der Waals surface area contributed by atoms with Gasteiger partial charge in [0.2, 0.25) is 0 Å². The van der Waals surface area contributed by atoms with E-state index >= 15 is 0 Å². The molecule has 1 unspecified atom stereocenters. The summed E-state index contributed by atoms with van der Waals surface area (Å²) in [6.07, 6.45) is 9.25. The van der Waals surface area contributed by atoms with Gasteiger partial charge in [0, 0.05) is 12.6 Å². The number of halogens is 1. The molecule has 0 aromatic heterocycles. The van der Waals surface area contributed by atoms with Crippen LogP contribution in [0.15, 0.2) is 24.3 Å². The van der Waals surface area contributed by atoms with E-state index < -0.39 is 0 Å². The maximum atomic E-state index is 12.9. The zero-order valence-corrected chi connectivity index (χ0v) is 12.9. The summed E-state index contributed by atoms with van der Waals surface area (Å²) in [5.74, 6) is -0.177. The molecule has 3 rings (SSSR count). The lowest BCUT2D eigenvalue weighted by Crippen LogP contribution is -2.35. The van der Waals surface area contributed by atoms with E-state index in [1.165, 1.54) is 57.1 Å². The van der Waals surface area contributed by atoms with Crippen LogP contribution in [-0.4, -0.2) is 18.2 Å². The van der Waals surface area contributed by atoms with Gasteiger partial charge < -0.3 is 10.1 Å². The summed E-state index contributed by atoms with van der Waals surface area (Å²) < 4.78 is 19.3. The quantitative estimate of drug-likeness (QED) is 0.890. The zero-order valence-electron chi connectivity index (χ0n) is 12.9. The third-order valence-corrected chi connectivity index (χ3v) is 5.13. The second-order valence-corrected chi connectivity index (χ2v) is 6.70. The van der Waals surface area contributed by atoms with E-state index in [-0.39, 0.29) is 17.5 Å². The van der Waals surface area contributed by atoms with Crippen molar-refractivity contribution in [2.45, 2.75) is 69.6 Å². The zero-order chi connectivity index (χ0) is 14.7. The van der Waals surface area contributed by atoms with Crippen LogP contribution >= 0.6 is 0 Å². The number of hydrogen-bond donors (Lipinski definition) is 1. The van der Waals surface area contributed by atoms with Gasteiger partial charge in [-0.25, -0.2) is 4.39 Å². The van der Waals surface area contributed by atoms with E-state index in [1.807, 2.05) is 12.1 Å². The van der Waals surface area contributed by atoms with E-state index in [4.69, 9.17) is 4.74 Å². The van der Waals surface area contributed by atoms with Gasteiger partial charge in [0.05, 0.1) is 11.7 Å².